The van der Waals surface area contributed by atoms with Crippen molar-refractivity contribution in [2.45, 2.75) is 32.7 Å². The van der Waals surface area contributed by atoms with Crippen molar-refractivity contribution in [1.82, 2.24) is 9.47 Å². The molecule has 0 fully saturated rings. The van der Waals surface area contributed by atoms with Crippen LogP contribution in [0.5, 0.6) is 0 Å². The first kappa shape index (κ1) is 17.2. The van der Waals surface area contributed by atoms with Gasteiger partial charge in [-0.3, -0.25) is 4.79 Å². The third kappa shape index (κ3) is 4.33. The molecule has 0 aliphatic heterocycles. The lowest BCUT2D eigenvalue weighted by atomic mass is 10.1. The first-order chi connectivity index (χ1) is 9.38. The van der Waals surface area contributed by atoms with Gasteiger partial charge in [-0.2, -0.15) is 0 Å². The van der Waals surface area contributed by atoms with Crippen LogP contribution in [0.4, 0.5) is 0 Å². The molecule has 1 heterocycles. The molecule has 5 heteroatoms. The molecule has 0 radical (unpaired) electrons. The van der Waals surface area contributed by atoms with Crippen LogP contribution in [0.2, 0.25) is 0 Å². The number of Topliss-reactive ketones (excluding diaryl/α,β-unsaturated/α-hetero) is 1. The largest absolute Gasteiger partial charge is 0.383 e. The lowest BCUT2D eigenvalue weighted by molar-refractivity contribution is 0.0991. The van der Waals surface area contributed by atoms with Crippen molar-refractivity contribution in [3.05, 3.63) is 23.0 Å². The van der Waals surface area contributed by atoms with Gasteiger partial charge in [-0.15, -0.1) is 11.6 Å². The summed E-state index contributed by atoms with van der Waals surface area (Å²) >= 11 is 5.90. The smallest absolute Gasteiger partial charge is 0.182 e. The van der Waals surface area contributed by atoms with Crippen molar-refractivity contribution in [2.24, 2.45) is 0 Å². The molecule has 1 aromatic rings. The van der Waals surface area contributed by atoms with Crippen LogP contribution < -0.4 is 0 Å². The molecule has 1 atom stereocenters. The summed E-state index contributed by atoms with van der Waals surface area (Å²) in [5, 5.41) is -0.478. The number of ketones is 1. The Bertz CT molecular complexity index is 455. The fourth-order valence-corrected chi connectivity index (χ4v) is 2.36. The van der Waals surface area contributed by atoms with Gasteiger partial charge < -0.3 is 14.2 Å². The van der Waals surface area contributed by atoms with Crippen molar-refractivity contribution < 1.29 is 9.53 Å². The molecule has 0 amide bonds. The Kier molecular flexibility index (Phi) is 6.72. The van der Waals surface area contributed by atoms with Crippen molar-refractivity contribution in [2.75, 3.05) is 33.9 Å². The third-order valence-electron chi connectivity index (χ3n) is 3.58. The predicted octanol–water partition coefficient (Wildman–Crippen LogP) is 2.49. The van der Waals surface area contributed by atoms with Gasteiger partial charge in [-0.25, -0.2) is 0 Å². The highest BCUT2D eigenvalue weighted by molar-refractivity contribution is 6.33. The number of hydrogen-bond acceptors (Lipinski definition) is 3. The zero-order chi connectivity index (χ0) is 15.3. The van der Waals surface area contributed by atoms with Gasteiger partial charge in [-0.05, 0) is 33.9 Å². The van der Waals surface area contributed by atoms with Gasteiger partial charge >= 0.3 is 0 Å². The summed E-state index contributed by atoms with van der Waals surface area (Å²) in [6, 6.07) is 1.94. The first-order valence-electron chi connectivity index (χ1n) is 6.91. The molecule has 0 N–H and O–H groups in total. The predicted molar refractivity (Wildman–Crippen MR) is 82.9 cm³/mol. The van der Waals surface area contributed by atoms with Crippen LogP contribution in [0, 0.1) is 13.8 Å². The van der Waals surface area contributed by atoms with E-state index in [1.54, 1.807) is 14.0 Å². The molecular formula is C15H25ClN2O2. The van der Waals surface area contributed by atoms with Crippen molar-refractivity contribution in [3.8, 4) is 0 Å². The maximum atomic E-state index is 12.0. The molecule has 114 valence electrons. The Hall–Kier alpha value is -0.840. The minimum absolute atomic E-state index is 0.00115. The van der Waals surface area contributed by atoms with Gasteiger partial charge in [0.25, 0.3) is 0 Å². The molecule has 0 spiro atoms. The monoisotopic (exact) mass is 300 g/mol. The second kappa shape index (κ2) is 7.81. The standard InChI is InChI=1S/C15H25ClN2O2/c1-11-10-14(15(19)12(2)16)13(3)18(11)7-6-17(4)8-9-20-5/h10,12H,6-9H2,1-5H3. The van der Waals surface area contributed by atoms with Crippen LogP contribution in [-0.4, -0.2) is 54.5 Å². The van der Waals surface area contributed by atoms with Gasteiger partial charge in [0.2, 0.25) is 0 Å². The van der Waals surface area contributed by atoms with Gasteiger partial charge in [0.1, 0.15) is 0 Å². The molecule has 1 rings (SSSR count). The topological polar surface area (TPSA) is 34.5 Å². The number of carbonyl (C=O) groups is 1. The van der Waals surface area contributed by atoms with Crippen LogP contribution in [0.3, 0.4) is 0 Å². The van der Waals surface area contributed by atoms with Crippen LogP contribution in [0.15, 0.2) is 6.07 Å². The highest BCUT2D eigenvalue weighted by Crippen LogP contribution is 2.18. The minimum atomic E-state index is -0.478. The minimum Gasteiger partial charge on any atom is -0.383 e. The zero-order valence-corrected chi connectivity index (χ0v) is 13.8. The average Bonchev–Trinajstić information content (AvgIpc) is 2.68. The summed E-state index contributed by atoms with van der Waals surface area (Å²) < 4.78 is 7.24. The van der Waals surface area contributed by atoms with Crippen LogP contribution in [0.1, 0.15) is 28.7 Å². The van der Waals surface area contributed by atoms with E-state index >= 15 is 0 Å². The van der Waals surface area contributed by atoms with E-state index in [1.807, 2.05) is 19.9 Å². The number of aromatic nitrogens is 1. The Morgan fingerprint density at radius 3 is 2.65 bits per heavy atom. The Morgan fingerprint density at radius 2 is 2.10 bits per heavy atom. The number of likely N-dealkylation sites (N-methyl/N-ethyl adjacent to an activating group) is 1. The third-order valence-corrected chi connectivity index (χ3v) is 3.78. The van der Waals surface area contributed by atoms with E-state index < -0.39 is 5.38 Å². The summed E-state index contributed by atoms with van der Waals surface area (Å²) in [5.41, 5.74) is 2.84. The molecule has 0 aromatic carbocycles. The number of halogens is 1. The lowest BCUT2D eigenvalue weighted by Crippen LogP contribution is -2.27. The highest BCUT2D eigenvalue weighted by atomic mass is 35.5. The maximum absolute atomic E-state index is 12.0. The molecule has 1 unspecified atom stereocenters. The number of rotatable bonds is 8. The first-order valence-corrected chi connectivity index (χ1v) is 7.34. The van der Waals surface area contributed by atoms with Crippen LogP contribution in [-0.2, 0) is 11.3 Å². The quantitative estimate of drug-likeness (QED) is 0.546. The van der Waals surface area contributed by atoms with Crippen molar-refractivity contribution >= 4 is 17.4 Å². The normalized spacial score (nSPS) is 12.9. The summed E-state index contributed by atoms with van der Waals surface area (Å²) in [6.45, 7) is 9.14. The second-order valence-electron chi connectivity index (χ2n) is 5.21. The Labute approximate surface area is 126 Å². The van der Waals surface area contributed by atoms with Crippen molar-refractivity contribution in [3.63, 3.8) is 0 Å². The van der Waals surface area contributed by atoms with E-state index in [4.69, 9.17) is 16.3 Å². The van der Waals surface area contributed by atoms with Gasteiger partial charge in [0.05, 0.1) is 12.0 Å². The van der Waals surface area contributed by atoms with E-state index in [2.05, 4.69) is 16.5 Å². The number of nitrogens with zero attached hydrogens (tertiary/aromatic N) is 2. The van der Waals surface area contributed by atoms with Gasteiger partial charge in [0.15, 0.2) is 5.78 Å². The molecule has 0 bridgehead atoms. The molecular weight excluding hydrogens is 276 g/mol. The number of methoxy groups -OCH3 is 1. The summed E-state index contributed by atoms with van der Waals surface area (Å²) in [7, 11) is 3.78. The Balaban J connectivity index is 2.74. The molecule has 4 nitrogen and oxygen atoms in total. The molecule has 0 aliphatic rings. The number of alkyl halides is 1. The van der Waals surface area contributed by atoms with Gasteiger partial charge in [-0.1, -0.05) is 0 Å². The number of aryl methyl sites for hydroxylation is 1. The summed E-state index contributed by atoms with van der Waals surface area (Å²) in [6.07, 6.45) is 0. The lowest BCUT2D eigenvalue weighted by Gasteiger charge is -2.18. The second-order valence-corrected chi connectivity index (χ2v) is 5.87. The Morgan fingerprint density at radius 1 is 1.45 bits per heavy atom. The van der Waals surface area contributed by atoms with E-state index in [-0.39, 0.29) is 5.78 Å². The maximum Gasteiger partial charge on any atom is 0.182 e. The van der Waals surface area contributed by atoms with Crippen LogP contribution >= 0.6 is 11.6 Å². The zero-order valence-electron chi connectivity index (χ0n) is 13.1. The molecule has 0 aliphatic carbocycles. The number of ether oxygens (including phenoxy) is 1. The molecule has 20 heavy (non-hydrogen) atoms. The summed E-state index contributed by atoms with van der Waals surface area (Å²) in [5.74, 6) is -0.00115. The molecule has 0 saturated carbocycles. The van der Waals surface area contributed by atoms with Crippen LogP contribution in [0.25, 0.3) is 0 Å². The highest BCUT2D eigenvalue weighted by Gasteiger charge is 2.19. The number of carbonyl (C=O) groups excluding carboxylic acids is 1. The average molecular weight is 301 g/mol. The van der Waals surface area contributed by atoms with E-state index in [9.17, 15) is 4.79 Å². The summed E-state index contributed by atoms with van der Waals surface area (Å²) in [4.78, 5) is 14.3. The van der Waals surface area contributed by atoms with E-state index in [0.29, 0.717) is 0 Å². The van der Waals surface area contributed by atoms with Crippen molar-refractivity contribution in [1.29, 1.82) is 0 Å². The fraction of sp³-hybridized carbons (Fsp3) is 0.667. The molecule has 1 aromatic heterocycles. The molecule has 0 saturated heterocycles. The SMILES string of the molecule is COCCN(C)CCn1c(C)cc(C(=O)C(C)Cl)c1C. The number of hydrogen-bond donors (Lipinski definition) is 0. The van der Waals surface area contributed by atoms with E-state index in [0.717, 1.165) is 43.2 Å². The van der Waals surface area contributed by atoms with Gasteiger partial charge in [0, 0.05) is 43.7 Å². The van der Waals surface area contributed by atoms with E-state index in [1.165, 1.54) is 0 Å². The fourth-order valence-electron chi connectivity index (χ4n) is 2.24.